The lowest BCUT2D eigenvalue weighted by molar-refractivity contribution is -0.387. The van der Waals surface area contributed by atoms with Crippen LogP contribution in [0.1, 0.15) is 32.1 Å². The lowest BCUT2D eigenvalue weighted by Crippen LogP contribution is -2.26. The number of esters is 1. The molecule has 1 fully saturated rings. The van der Waals surface area contributed by atoms with Crippen LogP contribution in [0, 0.1) is 21.8 Å². The maximum absolute atomic E-state index is 13.2. The Balaban J connectivity index is 1.86. The summed E-state index contributed by atoms with van der Waals surface area (Å²) in [4.78, 5) is 33.3. The minimum absolute atomic E-state index is 0.0665. The van der Waals surface area contributed by atoms with Crippen molar-refractivity contribution in [2.45, 2.75) is 32.1 Å². The normalized spacial score (nSPS) is 15.0. The summed E-state index contributed by atoms with van der Waals surface area (Å²) >= 11 is 0. The van der Waals surface area contributed by atoms with E-state index in [1.54, 1.807) is 0 Å². The molecule has 1 aromatic rings. The highest BCUT2D eigenvalue weighted by molar-refractivity contribution is 5.93. The smallest absolute Gasteiger partial charge is 0.309 e. The third-order valence-electron chi connectivity index (χ3n) is 3.71. The quantitative estimate of drug-likeness (QED) is 0.510. The summed E-state index contributed by atoms with van der Waals surface area (Å²) in [5, 5.41) is 13.0. The lowest BCUT2D eigenvalue weighted by atomic mass is 9.89. The summed E-state index contributed by atoms with van der Waals surface area (Å²) in [6.07, 6.45) is 4.60. The molecule has 0 saturated heterocycles. The van der Waals surface area contributed by atoms with E-state index < -0.39 is 34.9 Å². The van der Waals surface area contributed by atoms with E-state index in [0.29, 0.717) is 0 Å². The fraction of sp³-hybridized carbons (Fsp3) is 0.467. The summed E-state index contributed by atoms with van der Waals surface area (Å²) in [7, 11) is 0. The number of nitrogens with one attached hydrogen (secondary N) is 1. The van der Waals surface area contributed by atoms with Crippen molar-refractivity contribution in [1.29, 1.82) is 0 Å². The zero-order valence-electron chi connectivity index (χ0n) is 12.4. The zero-order valence-corrected chi connectivity index (χ0v) is 12.4. The summed E-state index contributed by atoms with van der Waals surface area (Å²) in [5.41, 5.74) is -0.668. The van der Waals surface area contributed by atoms with Crippen molar-refractivity contribution in [2.24, 2.45) is 5.92 Å². The van der Waals surface area contributed by atoms with Gasteiger partial charge in [-0.25, -0.2) is 0 Å². The van der Waals surface area contributed by atoms with Crippen LogP contribution in [-0.2, 0) is 14.3 Å². The highest BCUT2D eigenvalue weighted by Crippen LogP contribution is 2.25. The van der Waals surface area contributed by atoms with Gasteiger partial charge in [0.25, 0.3) is 5.91 Å². The van der Waals surface area contributed by atoms with Crippen molar-refractivity contribution in [3.8, 4) is 0 Å². The summed E-state index contributed by atoms with van der Waals surface area (Å²) < 4.78 is 18.2. The lowest BCUT2D eigenvalue weighted by Gasteiger charge is -2.19. The second-order valence-electron chi connectivity index (χ2n) is 5.41. The van der Waals surface area contributed by atoms with Crippen LogP contribution in [0.3, 0.4) is 0 Å². The highest BCUT2D eigenvalue weighted by atomic mass is 19.1. The van der Waals surface area contributed by atoms with Gasteiger partial charge >= 0.3 is 11.7 Å². The van der Waals surface area contributed by atoms with Crippen LogP contribution in [0.25, 0.3) is 0 Å². The molecule has 23 heavy (non-hydrogen) atoms. The average Bonchev–Trinajstić information content (AvgIpc) is 2.55. The number of ether oxygens (including phenoxy) is 1. The number of carbonyl (C=O) groups excluding carboxylic acids is 2. The first-order valence-corrected chi connectivity index (χ1v) is 7.38. The van der Waals surface area contributed by atoms with E-state index in [4.69, 9.17) is 4.74 Å². The molecule has 7 nitrogen and oxygen atoms in total. The van der Waals surface area contributed by atoms with Gasteiger partial charge in [-0.3, -0.25) is 19.7 Å². The van der Waals surface area contributed by atoms with Gasteiger partial charge in [-0.05, 0) is 25.0 Å². The number of amides is 1. The summed E-state index contributed by atoms with van der Waals surface area (Å²) in [6.45, 7) is -0.472. The average molecular weight is 324 g/mol. The minimum atomic E-state index is -0.989. The first-order valence-electron chi connectivity index (χ1n) is 7.38. The Hall–Kier alpha value is -2.51. The van der Waals surface area contributed by atoms with Gasteiger partial charge in [-0.2, -0.15) is 4.39 Å². The van der Waals surface area contributed by atoms with Crippen LogP contribution in [0.4, 0.5) is 15.8 Å². The topological polar surface area (TPSA) is 98.5 Å². The van der Waals surface area contributed by atoms with E-state index in [1.807, 2.05) is 0 Å². The predicted octanol–water partition coefficient (Wildman–Crippen LogP) is 2.80. The molecule has 1 aliphatic carbocycles. The molecule has 0 bridgehead atoms. The van der Waals surface area contributed by atoms with Crippen molar-refractivity contribution in [3.63, 3.8) is 0 Å². The van der Waals surface area contributed by atoms with E-state index in [0.717, 1.165) is 44.2 Å². The van der Waals surface area contributed by atoms with Crippen LogP contribution < -0.4 is 5.32 Å². The van der Waals surface area contributed by atoms with E-state index in [9.17, 15) is 24.1 Å². The van der Waals surface area contributed by atoms with Gasteiger partial charge in [0, 0.05) is 11.8 Å². The number of nitro benzene ring substituents is 1. The van der Waals surface area contributed by atoms with Crippen LogP contribution in [-0.4, -0.2) is 23.4 Å². The maximum Gasteiger partial charge on any atom is 0.309 e. The predicted molar refractivity (Wildman–Crippen MR) is 79.2 cm³/mol. The third-order valence-corrected chi connectivity index (χ3v) is 3.71. The molecule has 124 valence electrons. The van der Waals surface area contributed by atoms with Gasteiger partial charge in [0.05, 0.1) is 10.8 Å². The molecule has 1 aliphatic rings. The van der Waals surface area contributed by atoms with E-state index in [2.05, 4.69) is 5.32 Å². The number of carbonyl (C=O) groups is 2. The summed E-state index contributed by atoms with van der Waals surface area (Å²) in [5.74, 6) is -2.18. The molecule has 8 heteroatoms. The van der Waals surface area contributed by atoms with Crippen molar-refractivity contribution >= 4 is 23.3 Å². The van der Waals surface area contributed by atoms with Crippen molar-refractivity contribution < 1.29 is 23.6 Å². The minimum Gasteiger partial charge on any atom is -0.455 e. The first-order chi connectivity index (χ1) is 11.0. The van der Waals surface area contributed by atoms with Crippen molar-refractivity contribution in [2.75, 3.05) is 11.9 Å². The molecular formula is C15H17FN2O5. The number of nitro groups is 1. The molecule has 0 unspecified atom stereocenters. The second kappa shape index (κ2) is 7.66. The number of nitrogens with zero attached hydrogens (tertiary/aromatic N) is 1. The Kier molecular flexibility index (Phi) is 5.61. The van der Waals surface area contributed by atoms with Gasteiger partial charge in [-0.15, -0.1) is 0 Å². The number of hydrogen-bond acceptors (Lipinski definition) is 5. The Bertz CT molecular complexity index is 614. The standard InChI is InChI=1S/C15H17FN2O5/c16-12-7-6-11(8-13(12)18(21)22)17-14(19)9-23-15(20)10-4-2-1-3-5-10/h6-8,10H,1-5,9H2,(H,17,19). The largest absolute Gasteiger partial charge is 0.455 e. The fourth-order valence-corrected chi connectivity index (χ4v) is 2.52. The van der Waals surface area contributed by atoms with Crippen LogP contribution in [0.2, 0.25) is 0 Å². The Morgan fingerprint density at radius 3 is 2.65 bits per heavy atom. The van der Waals surface area contributed by atoms with E-state index in [-0.39, 0.29) is 11.6 Å². The summed E-state index contributed by atoms with van der Waals surface area (Å²) in [6, 6.07) is 3.00. The molecule has 1 aromatic carbocycles. The number of rotatable bonds is 5. The molecule has 0 aromatic heterocycles. The van der Waals surface area contributed by atoms with Crippen LogP contribution in [0.15, 0.2) is 18.2 Å². The van der Waals surface area contributed by atoms with Gasteiger partial charge < -0.3 is 10.1 Å². The molecule has 2 rings (SSSR count). The number of hydrogen-bond donors (Lipinski definition) is 1. The third kappa shape index (κ3) is 4.73. The van der Waals surface area contributed by atoms with Gasteiger partial charge in [0.1, 0.15) is 0 Å². The highest BCUT2D eigenvalue weighted by Gasteiger charge is 2.23. The van der Waals surface area contributed by atoms with Crippen LogP contribution >= 0.6 is 0 Å². The van der Waals surface area contributed by atoms with Crippen LogP contribution in [0.5, 0.6) is 0 Å². The number of benzene rings is 1. The maximum atomic E-state index is 13.2. The molecule has 1 amide bonds. The zero-order chi connectivity index (χ0) is 16.8. The van der Waals surface area contributed by atoms with Gasteiger partial charge in [0.15, 0.2) is 6.61 Å². The Morgan fingerprint density at radius 1 is 1.30 bits per heavy atom. The SMILES string of the molecule is O=C(COC(=O)C1CCCCC1)Nc1ccc(F)c([N+](=O)[O-])c1. The molecule has 1 N–H and O–H groups in total. The van der Waals surface area contributed by atoms with Gasteiger partial charge in [0.2, 0.25) is 5.82 Å². The molecule has 0 radical (unpaired) electrons. The van der Waals surface area contributed by atoms with Crippen molar-refractivity contribution in [3.05, 3.63) is 34.1 Å². The molecule has 0 aliphatic heterocycles. The molecular weight excluding hydrogens is 307 g/mol. The fourth-order valence-electron chi connectivity index (χ4n) is 2.52. The number of anilines is 1. The molecule has 0 spiro atoms. The van der Waals surface area contributed by atoms with Gasteiger partial charge in [-0.1, -0.05) is 19.3 Å². The molecule has 0 heterocycles. The molecule has 1 saturated carbocycles. The monoisotopic (exact) mass is 324 g/mol. The Labute approximate surface area is 132 Å². The van der Waals surface area contributed by atoms with Crippen molar-refractivity contribution in [1.82, 2.24) is 0 Å². The first kappa shape index (κ1) is 16.9. The second-order valence-corrected chi connectivity index (χ2v) is 5.41. The van der Waals surface area contributed by atoms with E-state index in [1.165, 1.54) is 6.07 Å². The number of halogens is 1. The van der Waals surface area contributed by atoms with E-state index >= 15 is 0 Å². The molecule has 0 atom stereocenters. The Morgan fingerprint density at radius 2 is 2.00 bits per heavy atom.